The number of hydrogen-bond donors (Lipinski definition) is 3. The summed E-state index contributed by atoms with van der Waals surface area (Å²) in [7, 11) is 0. The van der Waals surface area contributed by atoms with Crippen LogP contribution in [0.2, 0.25) is 0 Å². The summed E-state index contributed by atoms with van der Waals surface area (Å²) < 4.78 is 5.26. The minimum Gasteiger partial charge on any atom is -0.477 e. The predicted molar refractivity (Wildman–Crippen MR) is 71.8 cm³/mol. The molecule has 0 bridgehead atoms. The molecule has 1 aromatic heterocycles. The van der Waals surface area contributed by atoms with Crippen LogP contribution in [0, 0.1) is 0 Å². The zero-order valence-electron chi connectivity index (χ0n) is 11.2. The second-order valence-corrected chi connectivity index (χ2v) is 4.99. The Kier molecular flexibility index (Phi) is 4.19. The van der Waals surface area contributed by atoms with Gasteiger partial charge in [0, 0.05) is 18.8 Å². The number of pyridine rings is 1. The summed E-state index contributed by atoms with van der Waals surface area (Å²) in [6.07, 6.45) is 2.84. The number of rotatable bonds is 3. The van der Waals surface area contributed by atoms with Crippen LogP contribution in [0.4, 0.5) is 10.5 Å². The topological polar surface area (TPSA) is 101 Å². The van der Waals surface area contributed by atoms with Crippen molar-refractivity contribution in [3.8, 4) is 0 Å². The van der Waals surface area contributed by atoms with E-state index in [0.29, 0.717) is 18.9 Å². The van der Waals surface area contributed by atoms with E-state index in [4.69, 9.17) is 9.84 Å². The van der Waals surface area contributed by atoms with E-state index < -0.39 is 5.97 Å². The van der Waals surface area contributed by atoms with Gasteiger partial charge in [-0.25, -0.2) is 14.6 Å². The molecule has 3 N–H and O–H groups in total. The van der Waals surface area contributed by atoms with Crippen LogP contribution in [0.1, 0.15) is 30.3 Å². The van der Waals surface area contributed by atoms with E-state index in [2.05, 4.69) is 15.6 Å². The maximum absolute atomic E-state index is 11.9. The molecule has 108 valence electrons. The molecule has 1 saturated heterocycles. The molecule has 1 aliphatic rings. The summed E-state index contributed by atoms with van der Waals surface area (Å²) in [5.74, 6) is -1.10. The minimum absolute atomic E-state index is 0.0626. The van der Waals surface area contributed by atoms with E-state index in [1.165, 1.54) is 18.3 Å². The Morgan fingerprint density at radius 3 is 2.60 bits per heavy atom. The largest absolute Gasteiger partial charge is 0.477 e. The van der Waals surface area contributed by atoms with Crippen molar-refractivity contribution in [1.82, 2.24) is 10.3 Å². The molecule has 0 aromatic carbocycles. The molecule has 0 radical (unpaired) electrons. The van der Waals surface area contributed by atoms with Crippen LogP contribution in [0.15, 0.2) is 18.3 Å². The smallest absolute Gasteiger partial charge is 0.354 e. The predicted octanol–water partition coefficient (Wildman–Crippen LogP) is 1.47. The highest BCUT2D eigenvalue weighted by molar-refractivity contribution is 5.90. The highest BCUT2D eigenvalue weighted by Crippen LogP contribution is 2.19. The van der Waals surface area contributed by atoms with E-state index in [-0.39, 0.29) is 17.3 Å². The van der Waals surface area contributed by atoms with Crippen LogP contribution < -0.4 is 10.6 Å². The Labute approximate surface area is 116 Å². The second-order valence-electron chi connectivity index (χ2n) is 4.99. The molecule has 0 aliphatic carbocycles. The van der Waals surface area contributed by atoms with Crippen molar-refractivity contribution >= 4 is 17.7 Å². The summed E-state index contributed by atoms with van der Waals surface area (Å²) >= 11 is 0. The van der Waals surface area contributed by atoms with Gasteiger partial charge in [-0.3, -0.25) is 0 Å². The third-order valence-corrected chi connectivity index (χ3v) is 3.25. The van der Waals surface area contributed by atoms with Crippen molar-refractivity contribution in [2.75, 3.05) is 18.5 Å². The molecule has 7 nitrogen and oxygen atoms in total. The van der Waals surface area contributed by atoms with Gasteiger partial charge in [0.25, 0.3) is 0 Å². The quantitative estimate of drug-likeness (QED) is 0.778. The Hall–Kier alpha value is -2.15. The van der Waals surface area contributed by atoms with E-state index in [1.807, 2.05) is 6.92 Å². The highest BCUT2D eigenvalue weighted by Gasteiger charge is 2.28. The average molecular weight is 279 g/mol. The first-order chi connectivity index (χ1) is 9.48. The minimum atomic E-state index is -1.10. The standard InChI is InChI=1S/C13H17N3O4/c1-13(4-6-20-7-5-13)16-12(19)15-9-2-3-10(11(17)18)14-8-9/h2-3,8H,4-7H2,1H3,(H,17,18)(H2,15,16,19). The first-order valence-corrected chi connectivity index (χ1v) is 6.35. The van der Waals surface area contributed by atoms with Gasteiger partial charge in [0.1, 0.15) is 5.69 Å². The second kappa shape index (κ2) is 5.87. The number of carbonyl (C=O) groups is 2. The Balaban J connectivity index is 1.92. The molecule has 2 heterocycles. The van der Waals surface area contributed by atoms with Gasteiger partial charge < -0.3 is 20.5 Å². The molecule has 1 aliphatic heterocycles. The number of carbonyl (C=O) groups excluding carboxylic acids is 1. The fraction of sp³-hybridized carbons (Fsp3) is 0.462. The van der Waals surface area contributed by atoms with E-state index in [0.717, 1.165) is 12.8 Å². The number of carboxylic acid groups (broad SMARTS) is 1. The van der Waals surface area contributed by atoms with Crippen molar-refractivity contribution < 1.29 is 19.4 Å². The molecule has 0 spiro atoms. The Bertz CT molecular complexity index is 495. The molecule has 20 heavy (non-hydrogen) atoms. The summed E-state index contributed by atoms with van der Waals surface area (Å²) in [4.78, 5) is 26.3. The lowest BCUT2D eigenvalue weighted by molar-refractivity contribution is 0.0499. The zero-order chi connectivity index (χ0) is 14.6. The Morgan fingerprint density at radius 2 is 2.05 bits per heavy atom. The first kappa shape index (κ1) is 14.3. The van der Waals surface area contributed by atoms with E-state index in [1.54, 1.807) is 0 Å². The van der Waals surface area contributed by atoms with Gasteiger partial charge in [0.2, 0.25) is 0 Å². The van der Waals surface area contributed by atoms with Gasteiger partial charge in [-0.15, -0.1) is 0 Å². The Morgan fingerprint density at radius 1 is 1.35 bits per heavy atom. The van der Waals surface area contributed by atoms with Gasteiger partial charge in [-0.1, -0.05) is 0 Å². The van der Waals surface area contributed by atoms with Crippen LogP contribution >= 0.6 is 0 Å². The van der Waals surface area contributed by atoms with E-state index in [9.17, 15) is 9.59 Å². The number of urea groups is 1. The lowest BCUT2D eigenvalue weighted by Gasteiger charge is -2.34. The molecule has 0 saturated carbocycles. The van der Waals surface area contributed by atoms with Crippen molar-refractivity contribution in [1.29, 1.82) is 0 Å². The highest BCUT2D eigenvalue weighted by atomic mass is 16.5. The number of anilines is 1. The molecular formula is C13H17N3O4. The number of carboxylic acids is 1. The normalized spacial score (nSPS) is 17.2. The third kappa shape index (κ3) is 3.67. The van der Waals surface area contributed by atoms with Crippen LogP contribution in [-0.2, 0) is 4.74 Å². The summed E-state index contributed by atoms with van der Waals surface area (Å²) in [5.41, 5.74) is 0.104. The fourth-order valence-corrected chi connectivity index (χ4v) is 1.98. The summed E-state index contributed by atoms with van der Waals surface area (Å²) in [6.45, 7) is 3.23. The number of ether oxygens (including phenoxy) is 1. The molecule has 0 unspecified atom stereocenters. The molecule has 0 atom stereocenters. The van der Waals surface area contributed by atoms with Crippen LogP contribution in [0.5, 0.6) is 0 Å². The number of nitrogens with zero attached hydrogens (tertiary/aromatic N) is 1. The monoisotopic (exact) mass is 279 g/mol. The number of amides is 2. The van der Waals surface area contributed by atoms with Crippen molar-refractivity contribution in [2.24, 2.45) is 0 Å². The van der Waals surface area contributed by atoms with Crippen LogP contribution in [-0.4, -0.2) is 40.8 Å². The maximum Gasteiger partial charge on any atom is 0.354 e. The SMILES string of the molecule is CC1(NC(=O)Nc2ccc(C(=O)O)nc2)CCOCC1. The average Bonchev–Trinajstić information content (AvgIpc) is 2.39. The van der Waals surface area contributed by atoms with Crippen molar-refractivity contribution in [2.45, 2.75) is 25.3 Å². The van der Waals surface area contributed by atoms with Gasteiger partial charge in [-0.2, -0.15) is 0 Å². The van der Waals surface area contributed by atoms with Gasteiger partial charge in [-0.05, 0) is 31.9 Å². The van der Waals surface area contributed by atoms with Gasteiger partial charge in [0.15, 0.2) is 0 Å². The molecular weight excluding hydrogens is 262 g/mol. The lowest BCUT2D eigenvalue weighted by atomic mass is 9.93. The van der Waals surface area contributed by atoms with E-state index >= 15 is 0 Å². The molecule has 1 fully saturated rings. The van der Waals surface area contributed by atoms with Gasteiger partial charge in [0.05, 0.1) is 11.9 Å². The summed E-state index contributed by atoms with van der Waals surface area (Å²) in [6, 6.07) is 2.51. The number of nitrogens with one attached hydrogen (secondary N) is 2. The summed E-state index contributed by atoms with van der Waals surface area (Å²) in [5, 5.41) is 14.3. The maximum atomic E-state index is 11.9. The molecule has 1 aromatic rings. The molecule has 7 heteroatoms. The number of hydrogen-bond acceptors (Lipinski definition) is 4. The first-order valence-electron chi connectivity index (χ1n) is 6.35. The van der Waals surface area contributed by atoms with Crippen molar-refractivity contribution in [3.05, 3.63) is 24.0 Å². The third-order valence-electron chi connectivity index (χ3n) is 3.25. The number of aromatic carboxylic acids is 1. The fourth-order valence-electron chi connectivity index (χ4n) is 1.98. The van der Waals surface area contributed by atoms with Crippen molar-refractivity contribution in [3.63, 3.8) is 0 Å². The van der Waals surface area contributed by atoms with Crippen LogP contribution in [0.25, 0.3) is 0 Å². The lowest BCUT2D eigenvalue weighted by Crippen LogP contribution is -2.51. The number of aromatic nitrogens is 1. The van der Waals surface area contributed by atoms with Crippen LogP contribution in [0.3, 0.4) is 0 Å². The molecule has 2 rings (SSSR count). The molecule has 2 amide bonds. The van der Waals surface area contributed by atoms with Gasteiger partial charge >= 0.3 is 12.0 Å². The zero-order valence-corrected chi connectivity index (χ0v) is 11.2.